The standard InChI is InChI=1S/C19H23N3O3S2/c1-5-25-18(24)16-14(13-6-7-13)8-26-17(16)22-15(23)9-27-19-20-11(3)10(2)12(4)21-19/h8,13H,5-7,9H2,1-4H3,(H,22,23). The lowest BCUT2D eigenvalue weighted by atomic mass is 10.1. The second-order valence-electron chi connectivity index (χ2n) is 6.53. The predicted octanol–water partition coefficient (Wildman–Crippen LogP) is 4.25. The van der Waals surface area contributed by atoms with Crippen molar-refractivity contribution >= 4 is 40.0 Å². The van der Waals surface area contributed by atoms with Crippen LogP contribution in [0.25, 0.3) is 0 Å². The summed E-state index contributed by atoms with van der Waals surface area (Å²) >= 11 is 2.67. The highest BCUT2D eigenvalue weighted by atomic mass is 32.2. The van der Waals surface area contributed by atoms with Crippen LogP contribution in [0.1, 0.15) is 58.6 Å². The van der Waals surface area contributed by atoms with Gasteiger partial charge in [0.2, 0.25) is 5.91 Å². The molecule has 0 saturated heterocycles. The van der Waals surface area contributed by atoms with Gasteiger partial charge in [-0.15, -0.1) is 11.3 Å². The molecule has 0 radical (unpaired) electrons. The number of amides is 1. The fourth-order valence-corrected chi connectivity index (χ4v) is 4.45. The van der Waals surface area contributed by atoms with Crippen LogP contribution in [-0.2, 0) is 9.53 Å². The molecule has 1 saturated carbocycles. The molecule has 2 aromatic rings. The quantitative estimate of drug-likeness (QED) is 0.421. The van der Waals surface area contributed by atoms with Gasteiger partial charge in [0, 0.05) is 11.4 Å². The molecule has 1 fully saturated rings. The first-order valence-electron chi connectivity index (χ1n) is 8.93. The molecular weight excluding hydrogens is 382 g/mol. The highest BCUT2D eigenvalue weighted by molar-refractivity contribution is 7.99. The molecule has 8 heteroatoms. The Kier molecular flexibility index (Phi) is 6.16. The normalized spacial score (nSPS) is 13.5. The molecular formula is C19H23N3O3S2. The predicted molar refractivity (Wildman–Crippen MR) is 108 cm³/mol. The van der Waals surface area contributed by atoms with Gasteiger partial charge in [0.25, 0.3) is 0 Å². The number of carbonyl (C=O) groups excluding carboxylic acids is 2. The van der Waals surface area contributed by atoms with E-state index in [2.05, 4.69) is 15.3 Å². The number of ether oxygens (including phenoxy) is 1. The molecule has 0 unspecified atom stereocenters. The third-order valence-electron chi connectivity index (χ3n) is 4.51. The van der Waals surface area contributed by atoms with E-state index in [9.17, 15) is 9.59 Å². The molecule has 144 valence electrons. The average Bonchev–Trinajstić information content (AvgIpc) is 3.38. The molecule has 1 aliphatic rings. The molecule has 1 aliphatic carbocycles. The van der Waals surface area contributed by atoms with E-state index in [1.165, 1.54) is 23.1 Å². The van der Waals surface area contributed by atoms with Crippen molar-refractivity contribution in [1.82, 2.24) is 9.97 Å². The molecule has 6 nitrogen and oxygen atoms in total. The van der Waals surface area contributed by atoms with Crippen LogP contribution < -0.4 is 5.32 Å². The zero-order valence-electron chi connectivity index (χ0n) is 15.9. The Labute approximate surface area is 167 Å². The van der Waals surface area contributed by atoms with Crippen molar-refractivity contribution in [1.29, 1.82) is 0 Å². The first-order valence-corrected chi connectivity index (χ1v) is 10.8. The molecule has 2 aromatic heterocycles. The van der Waals surface area contributed by atoms with Crippen LogP contribution in [0.15, 0.2) is 10.5 Å². The van der Waals surface area contributed by atoms with Crippen molar-refractivity contribution in [3.8, 4) is 0 Å². The Bertz CT molecular complexity index is 852. The van der Waals surface area contributed by atoms with E-state index >= 15 is 0 Å². The van der Waals surface area contributed by atoms with Crippen LogP contribution >= 0.6 is 23.1 Å². The summed E-state index contributed by atoms with van der Waals surface area (Å²) in [6.45, 7) is 7.94. The summed E-state index contributed by atoms with van der Waals surface area (Å²) in [7, 11) is 0. The number of anilines is 1. The number of thioether (sulfide) groups is 1. The number of aromatic nitrogens is 2. The van der Waals surface area contributed by atoms with Gasteiger partial charge >= 0.3 is 5.97 Å². The van der Waals surface area contributed by atoms with Crippen molar-refractivity contribution in [3.05, 3.63) is 33.5 Å². The largest absolute Gasteiger partial charge is 0.462 e. The summed E-state index contributed by atoms with van der Waals surface area (Å²) in [6, 6.07) is 0. The van der Waals surface area contributed by atoms with Gasteiger partial charge in [-0.05, 0) is 63.0 Å². The van der Waals surface area contributed by atoms with Crippen LogP contribution in [0.3, 0.4) is 0 Å². The van der Waals surface area contributed by atoms with Gasteiger partial charge in [-0.25, -0.2) is 14.8 Å². The molecule has 0 aliphatic heterocycles. The van der Waals surface area contributed by atoms with Crippen molar-refractivity contribution in [3.63, 3.8) is 0 Å². The fourth-order valence-electron chi connectivity index (χ4n) is 2.67. The molecule has 1 amide bonds. The summed E-state index contributed by atoms with van der Waals surface area (Å²) in [4.78, 5) is 33.6. The fraction of sp³-hybridized carbons (Fsp3) is 0.474. The maximum Gasteiger partial charge on any atom is 0.341 e. The molecule has 1 N–H and O–H groups in total. The number of rotatable bonds is 7. The van der Waals surface area contributed by atoms with Crippen LogP contribution in [0.5, 0.6) is 0 Å². The Morgan fingerprint density at radius 1 is 1.26 bits per heavy atom. The number of aryl methyl sites for hydroxylation is 2. The maximum absolute atomic E-state index is 12.4. The summed E-state index contributed by atoms with van der Waals surface area (Å²) in [5.41, 5.74) is 4.41. The number of hydrogen-bond donors (Lipinski definition) is 1. The third kappa shape index (κ3) is 4.68. The van der Waals surface area contributed by atoms with Crippen molar-refractivity contribution in [2.24, 2.45) is 0 Å². The minimum Gasteiger partial charge on any atom is -0.462 e. The highest BCUT2D eigenvalue weighted by Gasteiger charge is 2.32. The van der Waals surface area contributed by atoms with Crippen LogP contribution in [0.2, 0.25) is 0 Å². The summed E-state index contributed by atoms with van der Waals surface area (Å²) < 4.78 is 5.19. The summed E-state index contributed by atoms with van der Waals surface area (Å²) in [6.07, 6.45) is 2.16. The SMILES string of the molecule is CCOC(=O)c1c(C2CC2)csc1NC(=O)CSc1nc(C)c(C)c(C)n1. The van der Waals surface area contributed by atoms with Gasteiger partial charge in [0.1, 0.15) is 5.00 Å². The number of nitrogens with zero attached hydrogens (tertiary/aromatic N) is 2. The Morgan fingerprint density at radius 2 is 1.93 bits per heavy atom. The minimum atomic E-state index is -0.364. The van der Waals surface area contributed by atoms with E-state index in [1.54, 1.807) is 6.92 Å². The summed E-state index contributed by atoms with van der Waals surface area (Å²) in [5, 5.41) is 5.98. The molecule has 27 heavy (non-hydrogen) atoms. The number of thiophene rings is 1. The first kappa shape index (κ1) is 19.8. The van der Waals surface area contributed by atoms with Crippen molar-refractivity contribution in [2.45, 2.75) is 51.6 Å². The van der Waals surface area contributed by atoms with E-state index in [-0.39, 0.29) is 17.6 Å². The van der Waals surface area contributed by atoms with Crippen LogP contribution in [0, 0.1) is 20.8 Å². The topological polar surface area (TPSA) is 81.2 Å². The van der Waals surface area contributed by atoms with E-state index in [1.807, 2.05) is 26.2 Å². The van der Waals surface area contributed by atoms with Gasteiger partial charge in [0.05, 0.1) is 17.9 Å². The molecule has 0 aromatic carbocycles. The number of esters is 1. The zero-order valence-corrected chi connectivity index (χ0v) is 17.6. The molecule has 3 rings (SSSR count). The Hall–Kier alpha value is -1.93. The van der Waals surface area contributed by atoms with Gasteiger partial charge in [-0.1, -0.05) is 11.8 Å². The zero-order chi connectivity index (χ0) is 19.6. The summed E-state index contributed by atoms with van der Waals surface area (Å²) in [5.74, 6) is 0.0412. The molecule has 0 atom stereocenters. The van der Waals surface area contributed by atoms with E-state index in [0.29, 0.717) is 28.2 Å². The Morgan fingerprint density at radius 3 is 2.52 bits per heavy atom. The second-order valence-corrected chi connectivity index (χ2v) is 8.35. The third-order valence-corrected chi connectivity index (χ3v) is 6.27. The van der Waals surface area contributed by atoms with Gasteiger partial charge in [-0.3, -0.25) is 4.79 Å². The lowest BCUT2D eigenvalue weighted by molar-refractivity contribution is -0.113. The number of carbonyl (C=O) groups is 2. The van der Waals surface area contributed by atoms with Gasteiger partial charge in [-0.2, -0.15) is 0 Å². The van der Waals surface area contributed by atoms with Crippen molar-refractivity contribution < 1.29 is 14.3 Å². The highest BCUT2D eigenvalue weighted by Crippen LogP contribution is 2.46. The molecule has 0 spiro atoms. The first-order chi connectivity index (χ1) is 12.9. The maximum atomic E-state index is 12.4. The number of hydrogen-bond acceptors (Lipinski definition) is 7. The van der Waals surface area contributed by atoms with Gasteiger partial charge in [0.15, 0.2) is 5.16 Å². The molecule has 0 bridgehead atoms. The monoisotopic (exact) mass is 405 g/mol. The van der Waals surface area contributed by atoms with E-state index in [4.69, 9.17) is 4.74 Å². The second kappa shape index (κ2) is 8.39. The van der Waals surface area contributed by atoms with Crippen LogP contribution in [-0.4, -0.2) is 34.2 Å². The van der Waals surface area contributed by atoms with Crippen LogP contribution in [0.4, 0.5) is 5.00 Å². The van der Waals surface area contributed by atoms with Gasteiger partial charge < -0.3 is 10.1 Å². The minimum absolute atomic E-state index is 0.181. The smallest absolute Gasteiger partial charge is 0.341 e. The van der Waals surface area contributed by atoms with E-state index in [0.717, 1.165) is 35.4 Å². The van der Waals surface area contributed by atoms with Crippen molar-refractivity contribution in [2.75, 3.05) is 17.7 Å². The molecule has 2 heterocycles. The average molecular weight is 406 g/mol. The van der Waals surface area contributed by atoms with E-state index < -0.39 is 0 Å². The Balaban J connectivity index is 1.68. The number of nitrogens with one attached hydrogen (secondary N) is 1. The lowest BCUT2D eigenvalue weighted by Gasteiger charge is -2.09. The lowest BCUT2D eigenvalue weighted by Crippen LogP contribution is -2.17.